The molecule has 29 heavy (non-hydrogen) atoms. The van der Waals surface area contributed by atoms with Crippen LogP contribution >= 0.6 is 23.1 Å². The molecule has 0 spiro atoms. The maximum absolute atomic E-state index is 12.8. The number of carbonyl (C=O) groups excluding carboxylic acids is 1. The highest BCUT2D eigenvalue weighted by Gasteiger charge is 2.30. The van der Waals surface area contributed by atoms with E-state index in [1.165, 1.54) is 29.2 Å². The van der Waals surface area contributed by atoms with Crippen LogP contribution in [0, 0.1) is 6.92 Å². The lowest BCUT2D eigenvalue weighted by Crippen LogP contribution is -2.14. The summed E-state index contributed by atoms with van der Waals surface area (Å²) in [4.78, 5) is 12.0. The normalized spacial score (nSPS) is 11.5. The predicted octanol–water partition coefficient (Wildman–Crippen LogP) is 3.34. The highest BCUT2D eigenvalue weighted by atomic mass is 32.2. The summed E-state index contributed by atoms with van der Waals surface area (Å²) in [6.45, 7) is 1.97. The van der Waals surface area contributed by atoms with Crippen LogP contribution in [0.2, 0.25) is 0 Å². The second kappa shape index (κ2) is 8.78. The van der Waals surface area contributed by atoms with Crippen LogP contribution in [-0.2, 0) is 24.6 Å². The predicted molar refractivity (Wildman–Crippen MR) is 104 cm³/mol. The van der Waals surface area contributed by atoms with E-state index in [1.54, 1.807) is 24.6 Å². The number of alkyl halides is 3. The van der Waals surface area contributed by atoms with E-state index >= 15 is 0 Å². The highest BCUT2D eigenvalue weighted by Crippen LogP contribution is 2.30. The Labute approximate surface area is 171 Å². The Morgan fingerprint density at radius 3 is 2.72 bits per heavy atom. The van der Waals surface area contributed by atoms with E-state index in [2.05, 4.69) is 31.0 Å². The topological polar surface area (TPSA) is 97.6 Å². The summed E-state index contributed by atoms with van der Waals surface area (Å²) in [5, 5.41) is 22.9. The van der Waals surface area contributed by atoms with Crippen molar-refractivity contribution in [1.82, 2.24) is 25.0 Å². The van der Waals surface area contributed by atoms with Crippen molar-refractivity contribution in [3.8, 4) is 0 Å². The van der Waals surface area contributed by atoms with E-state index in [0.717, 1.165) is 17.1 Å². The fourth-order valence-corrected chi connectivity index (χ4v) is 3.58. The summed E-state index contributed by atoms with van der Waals surface area (Å²) >= 11 is 2.46. The van der Waals surface area contributed by atoms with Crippen molar-refractivity contribution in [2.24, 2.45) is 7.05 Å². The second-order valence-electron chi connectivity index (χ2n) is 5.85. The van der Waals surface area contributed by atoms with Gasteiger partial charge in [0.15, 0.2) is 11.0 Å². The number of thioether (sulfide) groups is 1. The Kier molecular flexibility index (Phi) is 6.37. The Morgan fingerprint density at radius 2 is 2.03 bits per heavy atom. The van der Waals surface area contributed by atoms with Crippen LogP contribution in [0.1, 0.15) is 16.4 Å². The van der Waals surface area contributed by atoms with E-state index in [-0.39, 0.29) is 18.2 Å². The SMILES string of the molecule is Cc1nnc(NC(=O)CSc2nnc(CNc3cccc(C(F)(F)F)c3)n2C)s1. The third-order valence-electron chi connectivity index (χ3n) is 3.67. The van der Waals surface area contributed by atoms with Gasteiger partial charge in [-0.2, -0.15) is 13.2 Å². The number of rotatable bonds is 7. The van der Waals surface area contributed by atoms with Gasteiger partial charge in [-0.25, -0.2) is 0 Å². The van der Waals surface area contributed by atoms with E-state index < -0.39 is 11.7 Å². The number of aryl methyl sites for hydroxylation is 1. The zero-order valence-electron chi connectivity index (χ0n) is 15.3. The summed E-state index contributed by atoms with van der Waals surface area (Å²) in [5.74, 6) is 0.369. The molecular weight excluding hydrogens is 427 g/mol. The summed E-state index contributed by atoms with van der Waals surface area (Å²) in [6.07, 6.45) is -4.40. The number of nitrogens with one attached hydrogen (secondary N) is 2. The maximum Gasteiger partial charge on any atom is 0.416 e. The van der Waals surface area contributed by atoms with Crippen LogP contribution in [0.5, 0.6) is 0 Å². The van der Waals surface area contributed by atoms with E-state index in [4.69, 9.17) is 0 Å². The molecule has 3 aromatic rings. The van der Waals surface area contributed by atoms with Crippen molar-refractivity contribution < 1.29 is 18.0 Å². The summed E-state index contributed by atoms with van der Waals surface area (Å²) in [7, 11) is 1.72. The molecule has 8 nitrogen and oxygen atoms in total. The minimum Gasteiger partial charge on any atom is -0.378 e. The maximum atomic E-state index is 12.8. The van der Waals surface area contributed by atoms with Gasteiger partial charge in [-0.1, -0.05) is 29.2 Å². The van der Waals surface area contributed by atoms with Gasteiger partial charge < -0.3 is 9.88 Å². The first kappa shape index (κ1) is 21.0. The number of anilines is 2. The number of benzene rings is 1. The van der Waals surface area contributed by atoms with Gasteiger partial charge in [0.1, 0.15) is 5.01 Å². The van der Waals surface area contributed by atoms with Gasteiger partial charge in [-0.05, 0) is 25.1 Å². The van der Waals surface area contributed by atoms with Crippen molar-refractivity contribution in [2.75, 3.05) is 16.4 Å². The number of halogens is 3. The quantitative estimate of drug-likeness (QED) is 0.541. The average Bonchev–Trinajstić information content (AvgIpc) is 3.23. The second-order valence-corrected chi connectivity index (χ2v) is 7.98. The molecule has 0 aliphatic carbocycles. The van der Waals surface area contributed by atoms with Crippen LogP contribution in [0.4, 0.5) is 24.0 Å². The first-order valence-electron chi connectivity index (χ1n) is 8.24. The molecule has 0 fully saturated rings. The van der Waals surface area contributed by atoms with Crippen LogP contribution in [-0.4, -0.2) is 36.6 Å². The molecule has 0 radical (unpaired) electrons. The molecular formula is C16H16F3N7OS2. The molecule has 0 aliphatic rings. The van der Waals surface area contributed by atoms with E-state index in [1.807, 2.05) is 0 Å². The van der Waals surface area contributed by atoms with E-state index in [0.29, 0.717) is 21.8 Å². The first-order chi connectivity index (χ1) is 13.7. The molecule has 13 heteroatoms. The number of amides is 1. The van der Waals surface area contributed by atoms with Gasteiger partial charge in [0.2, 0.25) is 11.0 Å². The van der Waals surface area contributed by atoms with Crippen LogP contribution < -0.4 is 10.6 Å². The molecule has 0 atom stereocenters. The van der Waals surface area contributed by atoms with Crippen molar-refractivity contribution in [3.63, 3.8) is 0 Å². The molecule has 3 rings (SSSR count). The number of hydrogen-bond donors (Lipinski definition) is 2. The minimum absolute atomic E-state index is 0.103. The van der Waals surface area contributed by atoms with Gasteiger partial charge in [-0.3, -0.25) is 10.1 Å². The van der Waals surface area contributed by atoms with Gasteiger partial charge in [0, 0.05) is 12.7 Å². The molecule has 0 unspecified atom stereocenters. The third kappa shape index (κ3) is 5.67. The fourth-order valence-electron chi connectivity index (χ4n) is 2.24. The Morgan fingerprint density at radius 1 is 1.24 bits per heavy atom. The van der Waals surface area contributed by atoms with E-state index in [9.17, 15) is 18.0 Å². The average molecular weight is 443 g/mol. The van der Waals surface area contributed by atoms with Gasteiger partial charge in [-0.15, -0.1) is 20.4 Å². The summed E-state index contributed by atoms with van der Waals surface area (Å²) in [6, 6.07) is 4.92. The van der Waals surface area contributed by atoms with Crippen LogP contribution in [0.25, 0.3) is 0 Å². The molecule has 0 aliphatic heterocycles. The summed E-state index contributed by atoms with van der Waals surface area (Å²) < 4.78 is 40.0. The molecule has 0 saturated heterocycles. The van der Waals surface area contributed by atoms with Crippen molar-refractivity contribution >= 4 is 39.8 Å². The molecule has 1 amide bonds. The molecule has 0 saturated carbocycles. The smallest absolute Gasteiger partial charge is 0.378 e. The van der Waals surface area contributed by atoms with Gasteiger partial charge >= 0.3 is 6.18 Å². The molecule has 2 heterocycles. The number of nitrogens with zero attached hydrogens (tertiary/aromatic N) is 5. The lowest BCUT2D eigenvalue weighted by Gasteiger charge is -2.10. The third-order valence-corrected chi connectivity index (χ3v) is 5.44. The van der Waals surface area contributed by atoms with Gasteiger partial charge in [0.25, 0.3) is 0 Å². The zero-order valence-corrected chi connectivity index (χ0v) is 17.0. The van der Waals surface area contributed by atoms with Crippen molar-refractivity contribution in [2.45, 2.75) is 24.8 Å². The standard InChI is InChI=1S/C16H16F3N7OS2/c1-9-22-24-14(29-9)21-13(27)8-28-15-25-23-12(26(15)2)7-20-11-5-3-4-10(6-11)16(17,18)19/h3-6,20H,7-8H2,1-2H3,(H,21,24,27). The monoisotopic (exact) mass is 443 g/mol. The van der Waals surface area contributed by atoms with Crippen LogP contribution in [0.3, 0.4) is 0 Å². The Hall–Kier alpha value is -2.67. The molecule has 0 bridgehead atoms. The molecule has 2 aromatic heterocycles. The number of hydrogen-bond acceptors (Lipinski definition) is 8. The van der Waals surface area contributed by atoms with Crippen molar-refractivity contribution in [3.05, 3.63) is 40.7 Å². The summed E-state index contributed by atoms with van der Waals surface area (Å²) in [5.41, 5.74) is -0.405. The van der Waals surface area contributed by atoms with Crippen molar-refractivity contribution in [1.29, 1.82) is 0 Å². The molecule has 1 aromatic carbocycles. The number of aromatic nitrogens is 5. The molecule has 2 N–H and O–H groups in total. The van der Waals surface area contributed by atoms with Gasteiger partial charge in [0.05, 0.1) is 17.9 Å². The first-order valence-corrected chi connectivity index (χ1v) is 10.0. The largest absolute Gasteiger partial charge is 0.416 e. The lowest BCUT2D eigenvalue weighted by atomic mass is 10.2. The number of carbonyl (C=O) groups is 1. The Bertz CT molecular complexity index is 1000. The Balaban J connectivity index is 1.55. The molecule has 154 valence electrons. The minimum atomic E-state index is -4.40. The highest BCUT2D eigenvalue weighted by molar-refractivity contribution is 7.99. The fraction of sp³-hybridized carbons (Fsp3) is 0.312. The zero-order chi connectivity index (χ0) is 21.0. The lowest BCUT2D eigenvalue weighted by molar-refractivity contribution is -0.137. The van der Waals surface area contributed by atoms with Crippen LogP contribution in [0.15, 0.2) is 29.4 Å².